The Morgan fingerprint density at radius 3 is 2.12 bits per heavy atom. The van der Waals surface area contributed by atoms with Gasteiger partial charge in [0.1, 0.15) is 5.75 Å². The van der Waals surface area contributed by atoms with Gasteiger partial charge in [0.15, 0.2) is 0 Å². The maximum absolute atomic E-state index is 13.6. The van der Waals surface area contributed by atoms with Crippen LogP contribution in [-0.4, -0.2) is 34.6 Å². The van der Waals surface area contributed by atoms with Gasteiger partial charge in [-0.2, -0.15) is 0 Å². The molecule has 0 aliphatic carbocycles. The average molecular weight is 482 g/mol. The molecule has 1 fully saturated rings. The number of para-hydroxylation sites is 1. The second kappa shape index (κ2) is 9.58. The first-order chi connectivity index (χ1) is 16.5. The summed E-state index contributed by atoms with van der Waals surface area (Å²) in [6.07, 6.45) is 0.652. The lowest BCUT2D eigenvalue weighted by atomic mass is 10.1. The molecule has 3 aromatic rings. The highest BCUT2D eigenvalue weighted by Crippen LogP contribution is 2.49. The first-order valence-electron chi connectivity index (χ1n) is 11.2. The van der Waals surface area contributed by atoms with Crippen LogP contribution in [0.4, 0.5) is 11.4 Å². The van der Waals surface area contributed by atoms with Crippen LogP contribution in [0.25, 0.3) is 0 Å². The van der Waals surface area contributed by atoms with Gasteiger partial charge < -0.3 is 14.2 Å². The summed E-state index contributed by atoms with van der Waals surface area (Å²) in [6, 6.07) is 19.9. The van der Waals surface area contributed by atoms with Crippen LogP contribution in [0.3, 0.4) is 0 Å². The van der Waals surface area contributed by atoms with Crippen molar-refractivity contribution in [2.45, 2.75) is 35.8 Å². The molecule has 0 unspecified atom stereocenters. The van der Waals surface area contributed by atoms with E-state index < -0.39 is 21.5 Å². The van der Waals surface area contributed by atoms with Gasteiger partial charge in [0, 0.05) is 11.3 Å². The van der Waals surface area contributed by atoms with E-state index >= 15 is 0 Å². The van der Waals surface area contributed by atoms with Crippen molar-refractivity contribution in [2.75, 3.05) is 25.2 Å². The SMILES string of the molecule is CC.COc1ccc(S(=O)(=O)c2ccc3c(c2)C2(OCCCO2)C(=O)N3c2ccccc2)cc1. The van der Waals surface area contributed by atoms with Crippen molar-refractivity contribution < 1.29 is 27.4 Å². The predicted octanol–water partition coefficient (Wildman–Crippen LogP) is 4.82. The summed E-state index contributed by atoms with van der Waals surface area (Å²) in [4.78, 5) is 15.3. The van der Waals surface area contributed by atoms with Crippen LogP contribution in [0.5, 0.6) is 5.75 Å². The van der Waals surface area contributed by atoms with Crippen molar-refractivity contribution in [1.29, 1.82) is 0 Å². The maximum atomic E-state index is 13.6. The van der Waals surface area contributed by atoms with Gasteiger partial charge in [0.25, 0.3) is 11.7 Å². The molecule has 1 spiro atoms. The molecule has 34 heavy (non-hydrogen) atoms. The summed E-state index contributed by atoms with van der Waals surface area (Å²) in [6.45, 7) is 4.67. The Morgan fingerprint density at radius 1 is 0.882 bits per heavy atom. The summed E-state index contributed by atoms with van der Waals surface area (Å²) < 4.78 is 43.5. The number of methoxy groups -OCH3 is 1. The minimum Gasteiger partial charge on any atom is -0.497 e. The number of rotatable bonds is 4. The second-order valence-corrected chi connectivity index (χ2v) is 9.45. The molecule has 8 heteroatoms. The number of hydrogen-bond acceptors (Lipinski definition) is 6. The van der Waals surface area contributed by atoms with Crippen LogP contribution < -0.4 is 9.64 Å². The van der Waals surface area contributed by atoms with E-state index in [9.17, 15) is 13.2 Å². The number of nitrogens with zero attached hydrogens (tertiary/aromatic N) is 1. The van der Waals surface area contributed by atoms with Crippen molar-refractivity contribution in [2.24, 2.45) is 0 Å². The molecule has 1 amide bonds. The molecular weight excluding hydrogens is 454 g/mol. The van der Waals surface area contributed by atoms with E-state index in [0.29, 0.717) is 42.3 Å². The van der Waals surface area contributed by atoms with Crippen molar-refractivity contribution in [1.82, 2.24) is 0 Å². The molecule has 1 saturated heterocycles. The Morgan fingerprint density at radius 2 is 1.50 bits per heavy atom. The highest BCUT2D eigenvalue weighted by molar-refractivity contribution is 7.91. The van der Waals surface area contributed by atoms with Crippen LogP contribution in [-0.2, 0) is 29.9 Å². The smallest absolute Gasteiger partial charge is 0.297 e. The fourth-order valence-corrected chi connectivity index (χ4v) is 5.34. The molecule has 2 aliphatic rings. The van der Waals surface area contributed by atoms with Gasteiger partial charge in [-0.1, -0.05) is 32.0 Å². The van der Waals surface area contributed by atoms with E-state index in [1.165, 1.54) is 36.3 Å². The average Bonchev–Trinajstić information content (AvgIpc) is 3.13. The number of anilines is 2. The predicted molar refractivity (Wildman–Crippen MR) is 128 cm³/mol. The Labute approximate surface area is 199 Å². The molecule has 7 nitrogen and oxygen atoms in total. The van der Waals surface area contributed by atoms with Crippen LogP contribution in [0.1, 0.15) is 25.8 Å². The summed E-state index contributed by atoms with van der Waals surface area (Å²) in [7, 11) is -2.32. The Kier molecular flexibility index (Phi) is 6.74. The zero-order valence-corrected chi connectivity index (χ0v) is 20.2. The number of ether oxygens (including phenoxy) is 3. The summed E-state index contributed by atoms with van der Waals surface area (Å²) in [5.74, 6) is -1.49. The van der Waals surface area contributed by atoms with E-state index in [-0.39, 0.29) is 9.79 Å². The standard InChI is InChI=1S/C24H21NO6S.C2H6/c1-29-18-8-10-19(11-9-18)32(27,28)20-12-13-22-21(16-20)24(30-14-5-15-31-24)23(26)25(22)17-6-3-2-4-7-17;1-2/h2-4,6-13,16H,5,14-15H2,1H3;1-2H3. The van der Waals surface area contributed by atoms with Crippen LogP contribution in [0.15, 0.2) is 82.6 Å². The molecule has 5 rings (SSSR count). The Hall–Kier alpha value is -3.20. The topological polar surface area (TPSA) is 82.1 Å². The molecule has 3 aromatic carbocycles. The number of sulfone groups is 1. The van der Waals surface area contributed by atoms with Gasteiger partial charge in [-0.25, -0.2) is 8.42 Å². The van der Waals surface area contributed by atoms with E-state index in [1.54, 1.807) is 18.2 Å². The highest BCUT2D eigenvalue weighted by Gasteiger charge is 2.55. The van der Waals surface area contributed by atoms with Gasteiger partial charge in [-0.15, -0.1) is 0 Å². The summed E-state index contributed by atoms with van der Waals surface area (Å²) >= 11 is 0. The van der Waals surface area contributed by atoms with Crippen molar-refractivity contribution in [3.05, 3.63) is 78.4 Å². The molecule has 0 radical (unpaired) electrons. The minimum atomic E-state index is -3.84. The molecule has 2 heterocycles. The lowest BCUT2D eigenvalue weighted by Gasteiger charge is -2.32. The normalized spacial score (nSPS) is 16.6. The minimum absolute atomic E-state index is 0.0567. The van der Waals surface area contributed by atoms with Crippen LogP contribution in [0, 0.1) is 0 Å². The molecular formula is C26H27NO6S. The van der Waals surface area contributed by atoms with Gasteiger partial charge in [-0.3, -0.25) is 9.69 Å². The molecule has 2 aliphatic heterocycles. The van der Waals surface area contributed by atoms with E-state index in [1.807, 2.05) is 44.2 Å². The molecule has 0 atom stereocenters. The van der Waals surface area contributed by atoms with E-state index in [0.717, 1.165) is 0 Å². The third kappa shape index (κ3) is 3.87. The molecule has 0 N–H and O–H groups in total. The summed E-state index contributed by atoms with van der Waals surface area (Å²) in [5, 5.41) is 0. The second-order valence-electron chi connectivity index (χ2n) is 7.50. The first kappa shape index (κ1) is 23.9. The lowest BCUT2D eigenvalue weighted by Crippen LogP contribution is -2.46. The Bertz CT molecular complexity index is 1270. The van der Waals surface area contributed by atoms with E-state index in [4.69, 9.17) is 14.2 Å². The molecule has 0 saturated carbocycles. The molecule has 178 valence electrons. The number of fused-ring (bicyclic) bond motifs is 2. The number of carbonyl (C=O) groups is 1. The number of benzene rings is 3. The van der Waals surface area contributed by atoms with Gasteiger partial charge >= 0.3 is 0 Å². The van der Waals surface area contributed by atoms with Gasteiger partial charge in [0.05, 0.1) is 35.8 Å². The summed E-state index contributed by atoms with van der Waals surface area (Å²) in [5.41, 5.74) is 1.58. The first-order valence-corrected chi connectivity index (χ1v) is 12.7. The lowest BCUT2D eigenvalue weighted by molar-refractivity contribution is -0.256. The monoisotopic (exact) mass is 481 g/mol. The van der Waals surface area contributed by atoms with Gasteiger partial charge in [0.2, 0.25) is 9.84 Å². The third-order valence-corrected chi connectivity index (χ3v) is 7.41. The quantitative estimate of drug-likeness (QED) is 0.531. The van der Waals surface area contributed by atoms with E-state index in [2.05, 4.69) is 0 Å². The maximum Gasteiger partial charge on any atom is 0.297 e. The number of amides is 1. The van der Waals surface area contributed by atoms with Gasteiger partial charge in [-0.05, 0) is 61.0 Å². The van der Waals surface area contributed by atoms with Crippen LogP contribution in [0.2, 0.25) is 0 Å². The molecule has 0 aromatic heterocycles. The van der Waals surface area contributed by atoms with Crippen molar-refractivity contribution >= 4 is 27.1 Å². The fourth-order valence-electron chi connectivity index (χ4n) is 4.05. The fraction of sp³-hybridized carbons (Fsp3) is 0.269. The molecule has 0 bridgehead atoms. The Balaban J connectivity index is 0.00000133. The number of carbonyl (C=O) groups excluding carboxylic acids is 1. The van der Waals surface area contributed by atoms with Crippen molar-refractivity contribution in [3.8, 4) is 5.75 Å². The number of hydrogen-bond donors (Lipinski definition) is 0. The highest BCUT2D eigenvalue weighted by atomic mass is 32.2. The van der Waals surface area contributed by atoms with Crippen molar-refractivity contribution in [3.63, 3.8) is 0 Å². The largest absolute Gasteiger partial charge is 0.497 e. The zero-order chi connectivity index (χ0) is 24.3. The van der Waals surface area contributed by atoms with Crippen LogP contribution >= 0.6 is 0 Å². The third-order valence-electron chi connectivity index (χ3n) is 5.64. The zero-order valence-electron chi connectivity index (χ0n) is 19.4.